The van der Waals surface area contributed by atoms with Gasteiger partial charge in [-0.15, -0.1) is 0 Å². The molecular weight excluding hydrogens is 278 g/mol. The maximum atomic E-state index is 5.92. The fraction of sp³-hybridized carbons (Fsp3) is 0.529. The van der Waals surface area contributed by atoms with Crippen molar-refractivity contribution in [3.63, 3.8) is 0 Å². The van der Waals surface area contributed by atoms with Gasteiger partial charge in [0, 0.05) is 19.0 Å². The van der Waals surface area contributed by atoms with Crippen molar-refractivity contribution in [2.24, 2.45) is 0 Å². The molecule has 0 aliphatic carbocycles. The average molecular weight is 301 g/mol. The van der Waals surface area contributed by atoms with E-state index in [0.29, 0.717) is 5.89 Å². The first-order valence-electron chi connectivity index (χ1n) is 7.89. The molecular formula is C17H23N3O2. The summed E-state index contributed by atoms with van der Waals surface area (Å²) in [5.41, 5.74) is 1.22. The van der Waals surface area contributed by atoms with E-state index >= 15 is 0 Å². The molecule has 0 N–H and O–H groups in total. The van der Waals surface area contributed by atoms with Crippen LogP contribution in [0.15, 0.2) is 34.9 Å². The predicted octanol–water partition coefficient (Wildman–Crippen LogP) is 3.33. The third-order valence-electron chi connectivity index (χ3n) is 4.15. The van der Waals surface area contributed by atoms with E-state index in [2.05, 4.69) is 47.9 Å². The first kappa shape index (κ1) is 15.2. The van der Waals surface area contributed by atoms with Crippen LogP contribution >= 0.6 is 0 Å². The zero-order valence-corrected chi connectivity index (χ0v) is 13.4. The van der Waals surface area contributed by atoms with Crippen LogP contribution in [-0.4, -0.2) is 34.7 Å². The fourth-order valence-electron chi connectivity index (χ4n) is 2.70. The number of benzene rings is 1. The first-order valence-corrected chi connectivity index (χ1v) is 7.89. The maximum absolute atomic E-state index is 5.92. The average Bonchev–Trinajstić information content (AvgIpc) is 3.05. The van der Waals surface area contributed by atoms with Gasteiger partial charge in [-0.2, -0.15) is 4.98 Å². The summed E-state index contributed by atoms with van der Waals surface area (Å²) in [5.74, 6) is 1.75. The number of nitrogens with zero attached hydrogens (tertiary/aromatic N) is 3. The smallest absolute Gasteiger partial charge is 0.243 e. The number of hydrogen-bond donors (Lipinski definition) is 0. The van der Waals surface area contributed by atoms with Crippen LogP contribution in [0.5, 0.6) is 0 Å². The summed E-state index contributed by atoms with van der Waals surface area (Å²) >= 11 is 0. The molecule has 1 aromatic carbocycles. The summed E-state index contributed by atoms with van der Waals surface area (Å²) in [6, 6.07) is 10.5. The summed E-state index contributed by atoms with van der Waals surface area (Å²) in [6.45, 7) is 8.69. The van der Waals surface area contributed by atoms with E-state index in [1.165, 1.54) is 5.56 Å². The van der Waals surface area contributed by atoms with Crippen LogP contribution in [0.2, 0.25) is 0 Å². The van der Waals surface area contributed by atoms with Crippen LogP contribution in [-0.2, 0) is 4.74 Å². The van der Waals surface area contributed by atoms with Gasteiger partial charge in [-0.05, 0) is 12.5 Å². The molecule has 3 rings (SSSR count). The molecule has 0 unspecified atom stereocenters. The first-order chi connectivity index (χ1) is 10.6. The number of aromatic nitrogens is 2. The number of hydrogen-bond acceptors (Lipinski definition) is 5. The van der Waals surface area contributed by atoms with Gasteiger partial charge < -0.3 is 9.26 Å². The minimum atomic E-state index is 0.102. The number of morpholine rings is 1. The lowest BCUT2D eigenvalue weighted by atomic mass is 10.1. The Labute approximate surface area is 131 Å². The lowest BCUT2D eigenvalue weighted by Gasteiger charge is -2.35. The van der Waals surface area contributed by atoms with E-state index < -0.39 is 0 Å². The molecule has 0 bridgehead atoms. The van der Waals surface area contributed by atoms with E-state index in [-0.39, 0.29) is 18.1 Å². The molecule has 0 radical (unpaired) electrons. The quantitative estimate of drug-likeness (QED) is 0.867. The van der Waals surface area contributed by atoms with Crippen LogP contribution in [0.1, 0.15) is 56.1 Å². The molecule has 1 aliphatic rings. The summed E-state index contributed by atoms with van der Waals surface area (Å²) < 4.78 is 11.4. The van der Waals surface area contributed by atoms with Gasteiger partial charge in [-0.1, -0.05) is 49.3 Å². The fourth-order valence-corrected chi connectivity index (χ4v) is 2.70. The van der Waals surface area contributed by atoms with E-state index in [1.54, 1.807) is 0 Å². The van der Waals surface area contributed by atoms with E-state index in [9.17, 15) is 0 Å². The topological polar surface area (TPSA) is 51.4 Å². The summed E-state index contributed by atoms with van der Waals surface area (Å²) in [4.78, 5) is 6.87. The van der Waals surface area contributed by atoms with Crippen LogP contribution in [0.4, 0.5) is 0 Å². The van der Waals surface area contributed by atoms with Crippen molar-refractivity contribution in [3.05, 3.63) is 47.6 Å². The highest BCUT2D eigenvalue weighted by Crippen LogP contribution is 2.28. The number of ether oxygens (including phenoxy) is 1. The monoisotopic (exact) mass is 301 g/mol. The summed E-state index contributed by atoms with van der Waals surface area (Å²) in [6.07, 6.45) is 0.102. The van der Waals surface area contributed by atoms with Crippen molar-refractivity contribution in [3.8, 4) is 0 Å². The van der Waals surface area contributed by atoms with E-state index in [1.807, 2.05) is 18.2 Å². The van der Waals surface area contributed by atoms with Gasteiger partial charge in [0.2, 0.25) is 5.89 Å². The Kier molecular flexibility index (Phi) is 4.55. The van der Waals surface area contributed by atoms with Crippen LogP contribution in [0.3, 0.4) is 0 Å². The van der Waals surface area contributed by atoms with E-state index in [4.69, 9.17) is 9.26 Å². The molecule has 1 aromatic heterocycles. The lowest BCUT2D eigenvalue weighted by molar-refractivity contribution is -0.0469. The van der Waals surface area contributed by atoms with Gasteiger partial charge in [-0.25, -0.2) is 0 Å². The van der Waals surface area contributed by atoms with Gasteiger partial charge in [0.05, 0.1) is 18.8 Å². The molecule has 0 spiro atoms. The van der Waals surface area contributed by atoms with Crippen LogP contribution < -0.4 is 0 Å². The molecule has 0 amide bonds. The normalized spacial score (nSPS) is 21.2. The highest BCUT2D eigenvalue weighted by atomic mass is 16.5. The maximum Gasteiger partial charge on any atom is 0.243 e. The SMILES string of the molecule is CC(C)c1noc([C@H](C)N2CCO[C@@H](c3ccccc3)C2)n1. The second kappa shape index (κ2) is 6.58. The predicted molar refractivity (Wildman–Crippen MR) is 83.5 cm³/mol. The molecule has 5 nitrogen and oxygen atoms in total. The Balaban J connectivity index is 1.71. The van der Waals surface area contributed by atoms with Crippen molar-refractivity contribution in [1.82, 2.24) is 15.0 Å². The zero-order chi connectivity index (χ0) is 15.5. The Bertz CT molecular complexity index is 597. The Morgan fingerprint density at radius 1 is 1.18 bits per heavy atom. The molecule has 0 saturated carbocycles. The van der Waals surface area contributed by atoms with Gasteiger partial charge in [0.1, 0.15) is 0 Å². The Hall–Kier alpha value is -1.72. The molecule has 2 aromatic rings. The van der Waals surface area contributed by atoms with Gasteiger partial charge in [-0.3, -0.25) is 4.90 Å². The second-order valence-electron chi connectivity index (χ2n) is 6.09. The third-order valence-corrected chi connectivity index (χ3v) is 4.15. The molecule has 1 saturated heterocycles. The second-order valence-corrected chi connectivity index (χ2v) is 6.09. The largest absolute Gasteiger partial charge is 0.371 e. The van der Waals surface area contributed by atoms with Crippen molar-refractivity contribution < 1.29 is 9.26 Å². The molecule has 1 aliphatic heterocycles. The minimum absolute atomic E-state index is 0.102. The summed E-state index contributed by atoms with van der Waals surface area (Å²) in [7, 11) is 0. The zero-order valence-electron chi connectivity index (χ0n) is 13.4. The summed E-state index contributed by atoms with van der Waals surface area (Å²) in [5, 5.41) is 4.06. The number of rotatable bonds is 4. The molecule has 5 heteroatoms. The molecule has 2 atom stereocenters. The van der Waals surface area contributed by atoms with Gasteiger partial charge in [0.25, 0.3) is 0 Å². The van der Waals surface area contributed by atoms with Crippen LogP contribution in [0, 0.1) is 0 Å². The third kappa shape index (κ3) is 3.20. The molecule has 1 fully saturated rings. The van der Waals surface area contributed by atoms with Crippen molar-refractivity contribution in [2.75, 3.05) is 19.7 Å². The Morgan fingerprint density at radius 3 is 2.64 bits per heavy atom. The van der Waals surface area contributed by atoms with Gasteiger partial charge in [0.15, 0.2) is 5.82 Å². The van der Waals surface area contributed by atoms with Crippen molar-refractivity contribution in [2.45, 2.75) is 38.8 Å². The molecule has 22 heavy (non-hydrogen) atoms. The van der Waals surface area contributed by atoms with Crippen molar-refractivity contribution in [1.29, 1.82) is 0 Å². The van der Waals surface area contributed by atoms with Crippen molar-refractivity contribution >= 4 is 0 Å². The highest BCUT2D eigenvalue weighted by Gasteiger charge is 2.28. The highest BCUT2D eigenvalue weighted by molar-refractivity contribution is 5.18. The lowest BCUT2D eigenvalue weighted by Crippen LogP contribution is -2.40. The van der Waals surface area contributed by atoms with Gasteiger partial charge >= 0.3 is 0 Å². The molecule has 118 valence electrons. The van der Waals surface area contributed by atoms with E-state index in [0.717, 1.165) is 25.5 Å². The minimum Gasteiger partial charge on any atom is -0.371 e. The Morgan fingerprint density at radius 2 is 1.95 bits per heavy atom. The van der Waals surface area contributed by atoms with Crippen LogP contribution in [0.25, 0.3) is 0 Å². The molecule has 2 heterocycles. The standard InChI is InChI=1S/C17H23N3O2/c1-12(2)16-18-17(22-19-16)13(3)20-9-10-21-15(11-20)14-7-5-4-6-8-14/h4-8,12-13,15H,9-11H2,1-3H3/t13-,15+/m0/s1.